The molecule has 0 bridgehead atoms. The molecule has 0 heterocycles. The summed E-state index contributed by atoms with van der Waals surface area (Å²) in [6.07, 6.45) is 1.35. The van der Waals surface area contributed by atoms with Gasteiger partial charge < -0.3 is 10.1 Å². The molecule has 2 aromatic carbocycles. The minimum absolute atomic E-state index is 0.143. The van der Waals surface area contributed by atoms with Gasteiger partial charge in [0, 0.05) is 16.6 Å². The van der Waals surface area contributed by atoms with Crippen LogP contribution < -0.4 is 5.32 Å². The summed E-state index contributed by atoms with van der Waals surface area (Å²) >= 11 is 3.12. The molecule has 136 valence electrons. The first-order chi connectivity index (χ1) is 12.9. The summed E-state index contributed by atoms with van der Waals surface area (Å²) < 4.78 is 5.14. The van der Waals surface area contributed by atoms with Crippen molar-refractivity contribution in [1.29, 1.82) is 5.26 Å². The van der Waals surface area contributed by atoms with E-state index in [1.807, 2.05) is 0 Å². The van der Waals surface area contributed by atoms with E-state index in [4.69, 9.17) is 10.00 Å². The lowest BCUT2D eigenvalue weighted by Gasteiger charge is -2.08. The standard InChI is InChI=1S/C18H12BrN3O5/c19-15-9-14(22(25)26)6-7-16(15)21-17(23)11-27-18(24)13(10-20)8-12-4-2-1-3-5-12/h1-9H,11H2,(H,21,23)/b13-8+. The number of benzene rings is 2. The first-order valence-electron chi connectivity index (χ1n) is 7.48. The number of nitro benzene ring substituents is 1. The van der Waals surface area contributed by atoms with E-state index in [1.54, 1.807) is 36.4 Å². The number of rotatable bonds is 6. The Balaban J connectivity index is 1.97. The summed E-state index contributed by atoms with van der Waals surface area (Å²) in [5.41, 5.74) is 0.536. The van der Waals surface area contributed by atoms with E-state index >= 15 is 0 Å². The molecular weight excluding hydrogens is 418 g/mol. The fourth-order valence-corrected chi connectivity index (χ4v) is 2.43. The van der Waals surface area contributed by atoms with E-state index in [1.165, 1.54) is 24.3 Å². The predicted octanol–water partition coefficient (Wildman–Crippen LogP) is 3.45. The molecule has 0 aliphatic rings. The molecule has 2 rings (SSSR count). The highest BCUT2D eigenvalue weighted by Gasteiger charge is 2.15. The van der Waals surface area contributed by atoms with Crippen LogP contribution in [-0.4, -0.2) is 23.4 Å². The summed E-state index contributed by atoms with van der Waals surface area (Å²) in [6, 6.07) is 14.3. The van der Waals surface area contributed by atoms with E-state index in [0.717, 1.165) is 0 Å². The van der Waals surface area contributed by atoms with Gasteiger partial charge in [0.15, 0.2) is 6.61 Å². The summed E-state index contributed by atoms with van der Waals surface area (Å²) in [7, 11) is 0. The van der Waals surface area contributed by atoms with Crippen LogP contribution in [0.3, 0.4) is 0 Å². The number of hydrogen-bond donors (Lipinski definition) is 1. The van der Waals surface area contributed by atoms with E-state index in [2.05, 4.69) is 21.2 Å². The van der Waals surface area contributed by atoms with E-state index < -0.39 is 23.4 Å². The maximum Gasteiger partial charge on any atom is 0.349 e. The summed E-state index contributed by atoms with van der Waals surface area (Å²) in [5, 5.41) is 22.2. The van der Waals surface area contributed by atoms with Crippen LogP contribution in [0.1, 0.15) is 5.56 Å². The Morgan fingerprint density at radius 1 is 1.26 bits per heavy atom. The van der Waals surface area contributed by atoms with Crippen molar-refractivity contribution in [3.8, 4) is 6.07 Å². The van der Waals surface area contributed by atoms with Crippen molar-refractivity contribution in [2.45, 2.75) is 0 Å². The van der Waals surface area contributed by atoms with Gasteiger partial charge in [-0.3, -0.25) is 14.9 Å². The average molecular weight is 430 g/mol. The number of non-ortho nitro benzene ring substituents is 1. The molecule has 9 heteroatoms. The second kappa shape index (κ2) is 9.26. The van der Waals surface area contributed by atoms with E-state index in [-0.39, 0.29) is 16.9 Å². The zero-order valence-electron chi connectivity index (χ0n) is 13.7. The predicted molar refractivity (Wildman–Crippen MR) is 100 cm³/mol. The van der Waals surface area contributed by atoms with Gasteiger partial charge in [0.2, 0.25) is 0 Å². The summed E-state index contributed by atoms with van der Waals surface area (Å²) in [6.45, 7) is -0.615. The molecule has 0 fully saturated rings. The lowest BCUT2D eigenvalue weighted by atomic mass is 10.1. The Kier molecular flexibility index (Phi) is 6.79. The highest BCUT2D eigenvalue weighted by molar-refractivity contribution is 9.10. The third kappa shape index (κ3) is 5.76. The number of anilines is 1. The molecular formula is C18H12BrN3O5. The highest BCUT2D eigenvalue weighted by atomic mass is 79.9. The van der Waals surface area contributed by atoms with Gasteiger partial charge in [-0.1, -0.05) is 30.3 Å². The minimum Gasteiger partial charge on any atom is -0.451 e. The molecule has 1 N–H and O–H groups in total. The van der Waals surface area contributed by atoms with Gasteiger partial charge in [0.05, 0.1) is 10.6 Å². The molecule has 27 heavy (non-hydrogen) atoms. The number of esters is 1. The van der Waals surface area contributed by atoms with Gasteiger partial charge in [0.25, 0.3) is 11.6 Å². The second-order valence-corrected chi connectivity index (χ2v) is 5.98. The maximum absolute atomic E-state index is 11.9. The van der Waals surface area contributed by atoms with Crippen LogP contribution in [0.25, 0.3) is 6.08 Å². The zero-order valence-corrected chi connectivity index (χ0v) is 15.3. The number of nitriles is 1. The van der Waals surface area contributed by atoms with Crippen LogP contribution >= 0.6 is 15.9 Å². The fraction of sp³-hybridized carbons (Fsp3) is 0.0556. The molecule has 0 radical (unpaired) electrons. The monoisotopic (exact) mass is 429 g/mol. The third-order valence-corrected chi connectivity index (χ3v) is 3.88. The molecule has 0 aliphatic heterocycles. The van der Waals surface area contributed by atoms with Gasteiger partial charge in [-0.05, 0) is 33.6 Å². The first kappa shape index (κ1) is 19.8. The van der Waals surface area contributed by atoms with Crippen LogP contribution in [0, 0.1) is 21.4 Å². The number of hydrogen-bond acceptors (Lipinski definition) is 6. The smallest absolute Gasteiger partial charge is 0.349 e. The normalized spacial score (nSPS) is 10.6. The van der Waals surface area contributed by atoms with E-state index in [9.17, 15) is 19.7 Å². The average Bonchev–Trinajstić information content (AvgIpc) is 2.66. The lowest BCUT2D eigenvalue weighted by molar-refractivity contribution is -0.384. The molecule has 0 unspecified atom stereocenters. The molecule has 8 nitrogen and oxygen atoms in total. The van der Waals surface area contributed by atoms with Crippen molar-refractivity contribution >= 4 is 45.3 Å². The molecule has 0 spiro atoms. The van der Waals surface area contributed by atoms with Crippen molar-refractivity contribution in [1.82, 2.24) is 0 Å². The van der Waals surface area contributed by atoms with E-state index in [0.29, 0.717) is 10.0 Å². The quantitative estimate of drug-likeness (QED) is 0.246. The van der Waals surface area contributed by atoms with Crippen LogP contribution in [-0.2, 0) is 14.3 Å². The Morgan fingerprint density at radius 3 is 2.56 bits per heavy atom. The summed E-state index contributed by atoms with van der Waals surface area (Å²) in [5.74, 6) is -1.59. The largest absolute Gasteiger partial charge is 0.451 e. The second-order valence-electron chi connectivity index (χ2n) is 5.13. The topological polar surface area (TPSA) is 122 Å². The van der Waals surface area contributed by atoms with Crippen LogP contribution in [0.2, 0.25) is 0 Å². The first-order valence-corrected chi connectivity index (χ1v) is 8.28. The minimum atomic E-state index is -0.931. The van der Waals surface area contributed by atoms with Crippen molar-refractivity contribution in [3.05, 3.63) is 74.3 Å². The number of halogens is 1. The number of carbonyl (C=O) groups is 2. The number of nitrogens with zero attached hydrogens (tertiary/aromatic N) is 2. The molecule has 0 atom stereocenters. The molecule has 0 saturated heterocycles. The van der Waals surface area contributed by atoms with Gasteiger partial charge in [-0.2, -0.15) is 5.26 Å². The van der Waals surface area contributed by atoms with Crippen LogP contribution in [0.5, 0.6) is 0 Å². The number of nitro groups is 1. The fourth-order valence-electron chi connectivity index (χ4n) is 1.97. The van der Waals surface area contributed by atoms with Crippen molar-refractivity contribution in [2.24, 2.45) is 0 Å². The number of amides is 1. The van der Waals surface area contributed by atoms with Gasteiger partial charge in [0.1, 0.15) is 11.6 Å². The van der Waals surface area contributed by atoms with Gasteiger partial charge in [-0.15, -0.1) is 0 Å². The molecule has 1 amide bonds. The van der Waals surface area contributed by atoms with Crippen LogP contribution in [0.4, 0.5) is 11.4 Å². The Morgan fingerprint density at radius 2 is 1.96 bits per heavy atom. The lowest BCUT2D eigenvalue weighted by Crippen LogP contribution is -2.21. The number of carbonyl (C=O) groups excluding carboxylic acids is 2. The molecule has 0 aliphatic carbocycles. The third-order valence-electron chi connectivity index (χ3n) is 3.22. The van der Waals surface area contributed by atoms with Crippen LogP contribution in [0.15, 0.2) is 58.6 Å². The molecule has 2 aromatic rings. The number of ether oxygens (including phenoxy) is 1. The maximum atomic E-state index is 11.9. The Hall–Kier alpha value is -3.51. The molecule has 0 saturated carbocycles. The van der Waals surface area contributed by atoms with Gasteiger partial charge in [-0.25, -0.2) is 4.79 Å². The number of nitrogens with one attached hydrogen (secondary N) is 1. The molecule has 0 aromatic heterocycles. The SMILES string of the molecule is N#C/C(=C\c1ccccc1)C(=O)OCC(=O)Nc1ccc([N+](=O)[O-])cc1Br. The highest BCUT2D eigenvalue weighted by Crippen LogP contribution is 2.27. The van der Waals surface area contributed by atoms with Crippen molar-refractivity contribution in [2.75, 3.05) is 11.9 Å². The summed E-state index contributed by atoms with van der Waals surface area (Å²) in [4.78, 5) is 34.0. The van der Waals surface area contributed by atoms with Crippen molar-refractivity contribution in [3.63, 3.8) is 0 Å². The Labute approximate surface area is 162 Å². The van der Waals surface area contributed by atoms with Gasteiger partial charge >= 0.3 is 5.97 Å². The van der Waals surface area contributed by atoms with Crippen molar-refractivity contribution < 1.29 is 19.2 Å². The Bertz CT molecular complexity index is 951. The zero-order chi connectivity index (χ0) is 19.8.